The molecule has 26 heavy (non-hydrogen) atoms. The van der Waals surface area contributed by atoms with E-state index in [2.05, 4.69) is 15.3 Å². The second-order valence-electron chi connectivity index (χ2n) is 5.81. The quantitative estimate of drug-likeness (QED) is 0.585. The van der Waals surface area contributed by atoms with E-state index in [1.807, 2.05) is 36.4 Å². The van der Waals surface area contributed by atoms with Crippen molar-refractivity contribution in [3.05, 3.63) is 54.2 Å². The van der Waals surface area contributed by atoms with Crippen LogP contribution in [0.5, 0.6) is 11.5 Å². The van der Waals surface area contributed by atoms with Gasteiger partial charge in [-0.25, -0.2) is 4.98 Å². The summed E-state index contributed by atoms with van der Waals surface area (Å²) in [5.74, 6) is 1.19. The van der Waals surface area contributed by atoms with Crippen molar-refractivity contribution < 1.29 is 14.3 Å². The van der Waals surface area contributed by atoms with E-state index in [-0.39, 0.29) is 5.91 Å². The largest absolute Gasteiger partial charge is 0.486 e. The minimum Gasteiger partial charge on any atom is -0.486 e. The monoisotopic (exact) mass is 363 g/mol. The van der Waals surface area contributed by atoms with Gasteiger partial charge in [0.05, 0.1) is 15.7 Å². The fourth-order valence-corrected chi connectivity index (χ4v) is 3.86. The average molecular weight is 363 g/mol. The van der Waals surface area contributed by atoms with Crippen LogP contribution >= 0.6 is 11.3 Å². The Hall–Kier alpha value is -3.19. The maximum absolute atomic E-state index is 12.7. The number of hydrogen-bond donors (Lipinski definition) is 1. The van der Waals surface area contributed by atoms with Gasteiger partial charge in [0.1, 0.15) is 13.2 Å². The standard InChI is InChI=1S/C19H13N3O3S/c23-18(12-3-1-5-13-11(12)4-2-6-20-13)22-19-21-14-9-15-16(10-17(14)26-19)25-8-7-24-15/h1-6,9-10H,7-8H2,(H,21,22,23). The van der Waals surface area contributed by atoms with Crippen molar-refractivity contribution >= 4 is 43.5 Å². The van der Waals surface area contributed by atoms with E-state index in [9.17, 15) is 4.79 Å². The molecule has 0 unspecified atom stereocenters. The number of thiazole rings is 1. The van der Waals surface area contributed by atoms with Gasteiger partial charge in [0.25, 0.3) is 5.91 Å². The first kappa shape index (κ1) is 15.1. The highest BCUT2D eigenvalue weighted by atomic mass is 32.1. The molecule has 1 aliphatic rings. The first-order valence-corrected chi connectivity index (χ1v) is 8.95. The second-order valence-corrected chi connectivity index (χ2v) is 6.84. The molecule has 0 saturated carbocycles. The zero-order valence-electron chi connectivity index (χ0n) is 13.6. The number of aromatic nitrogens is 2. The van der Waals surface area contributed by atoms with Gasteiger partial charge in [-0.3, -0.25) is 15.1 Å². The number of hydrogen-bond acceptors (Lipinski definition) is 6. The molecule has 2 aromatic heterocycles. The van der Waals surface area contributed by atoms with Crippen LogP contribution in [0.3, 0.4) is 0 Å². The molecule has 0 radical (unpaired) electrons. The summed E-state index contributed by atoms with van der Waals surface area (Å²) < 4.78 is 12.1. The Labute approximate surface area is 152 Å². The third-order valence-corrected chi connectivity index (χ3v) is 5.10. The Morgan fingerprint density at radius 2 is 1.88 bits per heavy atom. The van der Waals surface area contributed by atoms with E-state index in [1.54, 1.807) is 12.3 Å². The number of ether oxygens (including phenoxy) is 2. The number of nitrogens with zero attached hydrogens (tertiary/aromatic N) is 2. The first-order valence-electron chi connectivity index (χ1n) is 8.13. The van der Waals surface area contributed by atoms with Gasteiger partial charge in [-0.05, 0) is 18.2 Å². The summed E-state index contributed by atoms with van der Waals surface area (Å²) in [7, 11) is 0. The molecule has 0 fully saturated rings. The Morgan fingerprint density at radius 1 is 1.04 bits per heavy atom. The third-order valence-electron chi connectivity index (χ3n) is 4.16. The minimum absolute atomic E-state index is 0.208. The predicted molar refractivity (Wildman–Crippen MR) is 100 cm³/mol. The lowest BCUT2D eigenvalue weighted by Gasteiger charge is -2.17. The molecular weight excluding hydrogens is 350 g/mol. The normalized spacial score (nSPS) is 13.1. The van der Waals surface area contributed by atoms with Crippen LogP contribution < -0.4 is 14.8 Å². The molecule has 7 heteroatoms. The summed E-state index contributed by atoms with van der Waals surface area (Å²) in [6, 6.07) is 12.9. The maximum Gasteiger partial charge on any atom is 0.258 e. The van der Waals surface area contributed by atoms with Crippen LogP contribution in [0.4, 0.5) is 5.13 Å². The number of carbonyl (C=O) groups excluding carboxylic acids is 1. The lowest BCUT2D eigenvalue weighted by Crippen LogP contribution is -2.15. The Bertz CT molecular complexity index is 1110. The van der Waals surface area contributed by atoms with Gasteiger partial charge in [0, 0.05) is 29.3 Å². The van der Waals surface area contributed by atoms with Gasteiger partial charge >= 0.3 is 0 Å². The lowest BCUT2D eigenvalue weighted by molar-refractivity contribution is 0.102. The summed E-state index contributed by atoms with van der Waals surface area (Å²) >= 11 is 1.40. The van der Waals surface area contributed by atoms with Crippen LogP contribution in [0.25, 0.3) is 21.1 Å². The molecule has 0 spiro atoms. The first-order chi connectivity index (χ1) is 12.8. The van der Waals surface area contributed by atoms with E-state index >= 15 is 0 Å². The van der Waals surface area contributed by atoms with E-state index in [0.29, 0.717) is 35.4 Å². The van der Waals surface area contributed by atoms with E-state index < -0.39 is 0 Å². The van der Waals surface area contributed by atoms with Crippen molar-refractivity contribution in [2.24, 2.45) is 0 Å². The van der Waals surface area contributed by atoms with Crippen molar-refractivity contribution in [3.63, 3.8) is 0 Å². The van der Waals surface area contributed by atoms with Gasteiger partial charge in [0.2, 0.25) is 0 Å². The smallest absolute Gasteiger partial charge is 0.258 e. The molecule has 4 aromatic rings. The van der Waals surface area contributed by atoms with Crippen molar-refractivity contribution in [2.45, 2.75) is 0 Å². The highest BCUT2D eigenvalue weighted by molar-refractivity contribution is 7.22. The summed E-state index contributed by atoms with van der Waals surface area (Å²) in [5, 5.41) is 4.24. The van der Waals surface area contributed by atoms with Crippen molar-refractivity contribution in [1.82, 2.24) is 9.97 Å². The molecule has 0 atom stereocenters. The molecule has 3 heterocycles. The van der Waals surface area contributed by atoms with Gasteiger partial charge < -0.3 is 9.47 Å². The van der Waals surface area contributed by atoms with Crippen molar-refractivity contribution in [1.29, 1.82) is 0 Å². The van der Waals surface area contributed by atoms with Crippen LogP contribution in [-0.4, -0.2) is 29.1 Å². The zero-order chi connectivity index (χ0) is 17.5. The molecule has 6 nitrogen and oxygen atoms in total. The second kappa shape index (κ2) is 5.96. The molecule has 1 amide bonds. The van der Waals surface area contributed by atoms with Crippen LogP contribution in [-0.2, 0) is 0 Å². The summed E-state index contributed by atoms with van der Waals surface area (Å²) in [6.45, 7) is 1.07. The molecule has 0 saturated heterocycles. The summed E-state index contributed by atoms with van der Waals surface area (Å²) in [4.78, 5) is 21.5. The average Bonchev–Trinajstić information content (AvgIpc) is 3.06. The number of rotatable bonds is 2. The van der Waals surface area contributed by atoms with Crippen LogP contribution in [0.1, 0.15) is 10.4 Å². The number of benzene rings is 2. The lowest BCUT2D eigenvalue weighted by atomic mass is 10.1. The molecule has 128 valence electrons. The fourth-order valence-electron chi connectivity index (χ4n) is 2.98. The maximum atomic E-state index is 12.7. The SMILES string of the molecule is O=C(Nc1nc2cc3c(cc2s1)OCCO3)c1cccc2ncccc12. The number of carbonyl (C=O) groups is 1. The fraction of sp³-hybridized carbons (Fsp3) is 0.105. The molecule has 1 aliphatic heterocycles. The third kappa shape index (κ3) is 2.53. The van der Waals surface area contributed by atoms with E-state index in [4.69, 9.17) is 9.47 Å². The summed E-state index contributed by atoms with van der Waals surface area (Å²) in [6.07, 6.45) is 1.71. The number of nitrogens with one attached hydrogen (secondary N) is 1. The molecular formula is C19H13N3O3S. The van der Waals surface area contributed by atoms with Crippen molar-refractivity contribution in [2.75, 3.05) is 18.5 Å². The van der Waals surface area contributed by atoms with Crippen LogP contribution in [0.2, 0.25) is 0 Å². The molecule has 2 aromatic carbocycles. The number of pyridine rings is 1. The number of anilines is 1. The van der Waals surface area contributed by atoms with E-state index in [0.717, 1.165) is 21.1 Å². The predicted octanol–water partition coefficient (Wildman–Crippen LogP) is 3.87. The highest BCUT2D eigenvalue weighted by Crippen LogP contribution is 2.38. The number of fused-ring (bicyclic) bond motifs is 3. The number of amides is 1. The Balaban J connectivity index is 1.49. The van der Waals surface area contributed by atoms with Gasteiger partial charge in [-0.1, -0.05) is 23.5 Å². The van der Waals surface area contributed by atoms with Gasteiger partial charge in [0.15, 0.2) is 16.6 Å². The summed E-state index contributed by atoms with van der Waals surface area (Å²) in [5.41, 5.74) is 2.13. The van der Waals surface area contributed by atoms with Gasteiger partial charge in [-0.2, -0.15) is 0 Å². The zero-order valence-corrected chi connectivity index (χ0v) is 14.4. The van der Waals surface area contributed by atoms with Crippen LogP contribution in [0.15, 0.2) is 48.7 Å². The molecule has 5 rings (SSSR count). The van der Waals surface area contributed by atoms with Gasteiger partial charge in [-0.15, -0.1) is 0 Å². The van der Waals surface area contributed by atoms with Crippen LogP contribution in [0, 0.1) is 0 Å². The Morgan fingerprint density at radius 3 is 2.77 bits per heavy atom. The Kier molecular flexibility index (Phi) is 3.46. The molecule has 0 bridgehead atoms. The van der Waals surface area contributed by atoms with Crippen molar-refractivity contribution in [3.8, 4) is 11.5 Å². The molecule has 0 aliphatic carbocycles. The highest BCUT2D eigenvalue weighted by Gasteiger charge is 2.17. The topological polar surface area (TPSA) is 73.3 Å². The minimum atomic E-state index is -0.208. The molecule has 1 N–H and O–H groups in total. The van der Waals surface area contributed by atoms with E-state index in [1.165, 1.54) is 11.3 Å².